The molecule has 0 fully saturated rings. The number of ketones is 1. The third kappa shape index (κ3) is 6.38. The Balaban J connectivity index is 2.39. The van der Waals surface area contributed by atoms with Gasteiger partial charge < -0.3 is 5.32 Å². The molecule has 0 unspecified atom stereocenters. The highest BCUT2D eigenvalue weighted by molar-refractivity contribution is 5.78. The first-order valence-corrected chi connectivity index (χ1v) is 6.05. The number of nitrogens with one attached hydrogen (secondary N) is 2. The molecule has 0 spiro atoms. The number of Topliss-reactive ketones (excluding diaryl/α,β-unsaturated/α-hetero) is 1. The minimum absolute atomic E-state index is 0.0230. The summed E-state index contributed by atoms with van der Waals surface area (Å²) in [6.45, 7) is 6.07. The Morgan fingerprint density at radius 1 is 1.32 bits per heavy atom. The summed E-state index contributed by atoms with van der Waals surface area (Å²) in [5, 5.41) is 4.23. The molecule has 0 saturated carbocycles. The van der Waals surface area contributed by atoms with Crippen molar-refractivity contribution in [3.05, 3.63) is 48.6 Å². The zero-order chi connectivity index (χ0) is 14.1. The van der Waals surface area contributed by atoms with Crippen molar-refractivity contribution in [1.29, 1.82) is 0 Å². The Bertz CT molecular complexity index is 432. The van der Waals surface area contributed by atoms with Gasteiger partial charge in [0.25, 0.3) is 0 Å². The fourth-order valence-corrected chi connectivity index (χ4v) is 1.54. The Kier molecular flexibility index (Phi) is 6.32. The molecule has 0 heterocycles. The van der Waals surface area contributed by atoms with Crippen LogP contribution in [0.2, 0.25) is 0 Å². The van der Waals surface area contributed by atoms with Gasteiger partial charge in [0.1, 0.15) is 5.78 Å². The zero-order valence-corrected chi connectivity index (χ0v) is 11.1. The molecule has 1 aromatic rings. The van der Waals surface area contributed by atoms with Crippen LogP contribution in [0.25, 0.3) is 0 Å². The highest BCUT2D eigenvalue weighted by atomic mass is 16.2. The molecular formula is C14H19N3O2. The van der Waals surface area contributed by atoms with Crippen molar-refractivity contribution in [2.75, 3.05) is 13.1 Å². The molecule has 1 aromatic carbocycles. The van der Waals surface area contributed by atoms with E-state index in [1.54, 1.807) is 6.08 Å². The van der Waals surface area contributed by atoms with Crippen LogP contribution in [-0.4, -0.2) is 29.9 Å². The molecule has 19 heavy (non-hydrogen) atoms. The number of amides is 2. The molecule has 0 aliphatic rings. The van der Waals surface area contributed by atoms with Gasteiger partial charge in [-0.1, -0.05) is 36.4 Å². The summed E-state index contributed by atoms with van der Waals surface area (Å²) in [5.41, 5.74) is 3.62. The van der Waals surface area contributed by atoms with Crippen LogP contribution >= 0.6 is 0 Å². The van der Waals surface area contributed by atoms with E-state index in [0.29, 0.717) is 13.1 Å². The number of benzene rings is 1. The Labute approximate surface area is 113 Å². The van der Waals surface area contributed by atoms with E-state index in [1.807, 2.05) is 30.3 Å². The highest BCUT2D eigenvalue weighted by Crippen LogP contribution is 1.96. The summed E-state index contributed by atoms with van der Waals surface area (Å²) < 4.78 is 0. The third-order valence-electron chi connectivity index (χ3n) is 2.32. The molecule has 1 rings (SSSR count). The molecule has 0 aliphatic heterocycles. The molecule has 0 aliphatic carbocycles. The molecule has 5 heteroatoms. The van der Waals surface area contributed by atoms with Crippen molar-refractivity contribution in [3.8, 4) is 0 Å². The lowest BCUT2D eigenvalue weighted by atomic mass is 10.2. The Hall–Kier alpha value is -2.14. The summed E-state index contributed by atoms with van der Waals surface area (Å²) in [6.07, 6.45) is 1.63. The maximum Gasteiger partial charge on any atom is 0.329 e. The van der Waals surface area contributed by atoms with E-state index in [-0.39, 0.29) is 18.4 Å². The van der Waals surface area contributed by atoms with E-state index in [2.05, 4.69) is 17.3 Å². The quantitative estimate of drug-likeness (QED) is 0.577. The first-order chi connectivity index (χ1) is 9.11. The van der Waals surface area contributed by atoms with Crippen LogP contribution in [0.3, 0.4) is 0 Å². The highest BCUT2D eigenvalue weighted by Gasteiger charge is 2.09. The van der Waals surface area contributed by atoms with Crippen LogP contribution in [0.15, 0.2) is 43.0 Å². The van der Waals surface area contributed by atoms with E-state index >= 15 is 0 Å². The number of carbonyl (C=O) groups is 2. The molecule has 0 saturated heterocycles. The Morgan fingerprint density at radius 3 is 2.58 bits per heavy atom. The average molecular weight is 261 g/mol. The van der Waals surface area contributed by atoms with Gasteiger partial charge in [0, 0.05) is 13.1 Å². The summed E-state index contributed by atoms with van der Waals surface area (Å²) in [5.74, 6) is -0.0230. The largest absolute Gasteiger partial charge is 0.333 e. The molecule has 2 N–H and O–H groups in total. The van der Waals surface area contributed by atoms with Crippen LogP contribution < -0.4 is 10.7 Å². The maximum absolute atomic E-state index is 11.7. The molecular weight excluding hydrogens is 242 g/mol. The van der Waals surface area contributed by atoms with Crippen molar-refractivity contribution < 1.29 is 9.59 Å². The van der Waals surface area contributed by atoms with Gasteiger partial charge in [0.2, 0.25) is 0 Å². The molecule has 102 valence electrons. The average Bonchev–Trinajstić information content (AvgIpc) is 2.37. The number of urea groups is 1. The second-order valence-corrected chi connectivity index (χ2v) is 4.15. The van der Waals surface area contributed by atoms with Gasteiger partial charge in [0.15, 0.2) is 0 Å². The first-order valence-electron chi connectivity index (χ1n) is 6.05. The van der Waals surface area contributed by atoms with Gasteiger partial charge in [-0.3, -0.25) is 10.2 Å². The number of carbonyl (C=O) groups excluding carboxylic acids is 2. The molecule has 5 nitrogen and oxygen atoms in total. The number of nitrogens with zero attached hydrogens (tertiary/aromatic N) is 1. The fraction of sp³-hybridized carbons (Fsp3) is 0.286. The second-order valence-electron chi connectivity index (χ2n) is 4.15. The van der Waals surface area contributed by atoms with Crippen molar-refractivity contribution in [3.63, 3.8) is 0 Å². The number of hydrogen-bond acceptors (Lipinski definition) is 3. The second kappa shape index (κ2) is 8.05. The van der Waals surface area contributed by atoms with E-state index in [4.69, 9.17) is 0 Å². The molecule has 0 radical (unpaired) electrons. The fourth-order valence-electron chi connectivity index (χ4n) is 1.54. The zero-order valence-electron chi connectivity index (χ0n) is 11.1. The van der Waals surface area contributed by atoms with Gasteiger partial charge in [-0.25, -0.2) is 9.80 Å². The first kappa shape index (κ1) is 14.9. The molecule has 0 atom stereocenters. The van der Waals surface area contributed by atoms with Crippen molar-refractivity contribution in [2.45, 2.75) is 13.5 Å². The molecule has 2 amide bonds. The Morgan fingerprint density at radius 2 is 2.00 bits per heavy atom. The van der Waals surface area contributed by atoms with Crippen LogP contribution in [0.5, 0.6) is 0 Å². The summed E-state index contributed by atoms with van der Waals surface area (Å²) in [4.78, 5) is 22.7. The van der Waals surface area contributed by atoms with E-state index in [1.165, 1.54) is 11.9 Å². The van der Waals surface area contributed by atoms with Crippen molar-refractivity contribution in [1.82, 2.24) is 15.8 Å². The summed E-state index contributed by atoms with van der Waals surface area (Å²) in [6, 6.07) is 9.26. The SMILES string of the molecule is C=CCN(CC(C)=O)NC(=O)NCc1ccccc1. The van der Waals surface area contributed by atoms with Gasteiger partial charge in [-0.15, -0.1) is 6.58 Å². The van der Waals surface area contributed by atoms with E-state index < -0.39 is 0 Å². The molecule has 0 aromatic heterocycles. The number of rotatable bonds is 7. The van der Waals surface area contributed by atoms with Crippen molar-refractivity contribution in [2.24, 2.45) is 0 Å². The van der Waals surface area contributed by atoms with Gasteiger partial charge in [-0.2, -0.15) is 0 Å². The lowest BCUT2D eigenvalue weighted by molar-refractivity contribution is -0.118. The van der Waals surface area contributed by atoms with Gasteiger partial charge in [0.05, 0.1) is 6.54 Å². The molecule has 0 bridgehead atoms. The van der Waals surface area contributed by atoms with Crippen LogP contribution in [0.4, 0.5) is 4.79 Å². The van der Waals surface area contributed by atoms with Crippen LogP contribution in [0.1, 0.15) is 12.5 Å². The predicted molar refractivity (Wildman–Crippen MR) is 74.3 cm³/mol. The normalized spacial score (nSPS) is 10.0. The van der Waals surface area contributed by atoms with E-state index in [0.717, 1.165) is 5.56 Å². The van der Waals surface area contributed by atoms with Crippen molar-refractivity contribution >= 4 is 11.8 Å². The lowest BCUT2D eigenvalue weighted by Crippen LogP contribution is -2.48. The number of hydrogen-bond donors (Lipinski definition) is 2. The van der Waals surface area contributed by atoms with E-state index in [9.17, 15) is 9.59 Å². The van der Waals surface area contributed by atoms with Gasteiger partial charge >= 0.3 is 6.03 Å². The standard InChI is InChI=1S/C14H19N3O2/c1-3-9-17(11-12(2)18)16-14(19)15-10-13-7-5-4-6-8-13/h3-8H,1,9-11H2,2H3,(H2,15,16,19). The minimum Gasteiger partial charge on any atom is -0.333 e. The lowest BCUT2D eigenvalue weighted by Gasteiger charge is -2.20. The minimum atomic E-state index is -0.341. The van der Waals surface area contributed by atoms with Gasteiger partial charge in [-0.05, 0) is 12.5 Å². The summed E-state index contributed by atoms with van der Waals surface area (Å²) >= 11 is 0. The monoisotopic (exact) mass is 261 g/mol. The predicted octanol–water partition coefficient (Wildman–Crippen LogP) is 1.48. The third-order valence-corrected chi connectivity index (χ3v) is 2.32. The number of hydrazine groups is 1. The maximum atomic E-state index is 11.7. The smallest absolute Gasteiger partial charge is 0.329 e. The van der Waals surface area contributed by atoms with Crippen LogP contribution in [0, 0.1) is 0 Å². The topological polar surface area (TPSA) is 61.4 Å². The van der Waals surface area contributed by atoms with Crippen LogP contribution in [-0.2, 0) is 11.3 Å². The summed E-state index contributed by atoms with van der Waals surface area (Å²) in [7, 11) is 0.